The zero-order valence-corrected chi connectivity index (χ0v) is 11.1. The third kappa shape index (κ3) is 1.71. The molecule has 18 heavy (non-hydrogen) atoms. The molecule has 3 aliphatic heterocycles. The lowest BCUT2D eigenvalue weighted by atomic mass is 9.90. The zero-order chi connectivity index (χ0) is 13.2. The quantitative estimate of drug-likeness (QED) is 0.735. The van der Waals surface area contributed by atoms with Crippen LogP contribution in [0.1, 0.15) is 27.7 Å². The molecule has 3 rings (SSSR count). The van der Waals surface area contributed by atoms with Crippen LogP contribution < -0.4 is 0 Å². The van der Waals surface area contributed by atoms with E-state index < -0.39 is 29.6 Å². The molecule has 3 fully saturated rings. The summed E-state index contributed by atoms with van der Waals surface area (Å²) in [6, 6.07) is 0. The van der Waals surface area contributed by atoms with E-state index in [-0.39, 0.29) is 12.7 Å². The standard InChI is InChI=1S/C12H20O6/c1-10(2)15-7-5-14-9-12(6-13,8(7)16-10)18-11(3,4)17-9/h7-9,13H,5-6H2,1-4H3. The number of ether oxygens (including phenoxy) is 5. The van der Waals surface area contributed by atoms with Crippen molar-refractivity contribution in [1.29, 1.82) is 0 Å². The van der Waals surface area contributed by atoms with Gasteiger partial charge in [-0.3, -0.25) is 0 Å². The monoisotopic (exact) mass is 260 g/mol. The summed E-state index contributed by atoms with van der Waals surface area (Å²) in [5.74, 6) is -1.51. The zero-order valence-electron chi connectivity index (χ0n) is 11.1. The second-order valence-corrected chi connectivity index (χ2v) is 5.99. The van der Waals surface area contributed by atoms with Gasteiger partial charge in [0.15, 0.2) is 23.5 Å². The molecule has 0 aromatic heterocycles. The summed E-state index contributed by atoms with van der Waals surface area (Å²) in [6.45, 7) is 7.41. The van der Waals surface area contributed by atoms with Crippen molar-refractivity contribution in [3.8, 4) is 0 Å². The number of hydrogen-bond acceptors (Lipinski definition) is 6. The van der Waals surface area contributed by atoms with Crippen LogP contribution in [0.3, 0.4) is 0 Å². The van der Waals surface area contributed by atoms with E-state index in [1.54, 1.807) is 13.8 Å². The Labute approximate surface area is 106 Å². The molecule has 1 N–H and O–H groups in total. The van der Waals surface area contributed by atoms with Crippen LogP contribution >= 0.6 is 0 Å². The molecule has 3 heterocycles. The number of fused-ring (bicyclic) bond motifs is 3. The van der Waals surface area contributed by atoms with Gasteiger partial charge in [0.05, 0.1) is 13.2 Å². The second kappa shape index (κ2) is 3.65. The fraction of sp³-hybridized carbons (Fsp3) is 1.00. The molecule has 0 spiro atoms. The average molecular weight is 260 g/mol. The molecule has 4 atom stereocenters. The third-order valence-corrected chi connectivity index (χ3v) is 3.55. The van der Waals surface area contributed by atoms with Crippen molar-refractivity contribution in [3.05, 3.63) is 0 Å². The summed E-state index contributed by atoms with van der Waals surface area (Å²) in [5, 5.41) is 9.78. The highest BCUT2D eigenvalue weighted by Gasteiger charge is 2.67. The van der Waals surface area contributed by atoms with Crippen LogP contribution in [0.2, 0.25) is 0 Å². The minimum Gasteiger partial charge on any atom is -0.393 e. The van der Waals surface area contributed by atoms with Crippen LogP contribution in [0.5, 0.6) is 0 Å². The Bertz CT molecular complexity index is 354. The molecule has 104 valence electrons. The topological polar surface area (TPSA) is 66.4 Å². The third-order valence-electron chi connectivity index (χ3n) is 3.55. The minimum absolute atomic E-state index is 0.234. The van der Waals surface area contributed by atoms with Gasteiger partial charge in [-0.05, 0) is 27.7 Å². The predicted molar refractivity (Wildman–Crippen MR) is 59.6 cm³/mol. The minimum atomic E-state index is -1.01. The summed E-state index contributed by atoms with van der Waals surface area (Å²) in [7, 11) is 0. The van der Waals surface area contributed by atoms with Crippen LogP contribution in [0.25, 0.3) is 0 Å². The van der Waals surface area contributed by atoms with Crippen molar-refractivity contribution in [1.82, 2.24) is 0 Å². The van der Waals surface area contributed by atoms with Gasteiger partial charge < -0.3 is 28.8 Å². The van der Waals surface area contributed by atoms with E-state index in [9.17, 15) is 5.11 Å². The van der Waals surface area contributed by atoms with E-state index >= 15 is 0 Å². The predicted octanol–water partition coefficient (Wildman–Crippen LogP) is 0.377. The van der Waals surface area contributed by atoms with Crippen LogP contribution in [-0.4, -0.2) is 54.0 Å². The van der Waals surface area contributed by atoms with Gasteiger partial charge in [-0.15, -0.1) is 0 Å². The Balaban J connectivity index is 1.95. The van der Waals surface area contributed by atoms with Crippen molar-refractivity contribution in [2.24, 2.45) is 0 Å². The maximum absolute atomic E-state index is 9.78. The van der Waals surface area contributed by atoms with E-state index in [2.05, 4.69) is 0 Å². The van der Waals surface area contributed by atoms with Gasteiger partial charge in [-0.1, -0.05) is 0 Å². The average Bonchev–Trinajstić information content (AvgIpc) is 2.70. The van der Waals surface area contributed by atoms with Crippen molar-refractivity contribution in [2.45, 2.75) is 63.4 Å². The summed E-state index contributed by atoms with van der Waals surface area (Å²) in [6.07, 6.45) is -1.27. The molecule has 6 nitrogen and oxygen atoms in total. The SMILES string of the molecule is CC1(C)OC2COC3OC(C)(C)OC3(CO)C2O1. The maximum atomic E-state index is 9.78. The first-order chi connectivity index (χ1) is 8.28. The van der Waals surface area contributed by atoms with Crippen molar-refractivity contribution < 1.29 is 28.8 Å². The highest BCUT2D eigenvalue weighted by molar-refractivity contribution is 5.07. The maximum Gasteiger partial charge on any atom is 0.195 e. The Morgan fingerprint density at radius 2 is 1.78 bits per heavy atom. The molecule has 3 aliphatic rings. The first-order valence-corrected chi connectivity index (χ1v) is 6.24. The van der Waals surface area contributed by atoms with E-state index in [0.29, 0.717) is 6.61 Å². The lowest BCUT2D eigenvalue weighted by Gasteiger charge is -2.41. The normalized spacial score (nSPS) is 48.8. The molecule has 0 saturated carbocycles. The molecule has 0 aliphatic carbocycles. The first-order valence-electron chi connectivity index (χ1n) is 6.24. The van der Waals surface area contributed by atoms with Crippen LogP contribution in [0.4, 0.5) is 0 Å². The van der Waals surface area contributed by atoms with Gasteiger partial charge in [-0.25, -0.2) is 0 Å². The molecular formula is C12H20O6. The largest absolute Gasteiger partial charge is 0.393 e. The molecule has 0 radical (unpaired) electrons. The molecule has 4 unspecified atom stereocenters. The Morgan fingerprint density at radius 1 is 1.06 bits per heavy atom. The summed E-state index contributed by atoms with van der Waals surface area (Å²) < 4.78 is 28.9. The number of rotatable bonds is 1. The van der Waals surface area contributed by atoms with Gasteiger partial charge in [0, 0.05) is 0 Å². The smallest absolute Gasteiger partial charge is 0.195 e. The van der Waals surface area contributed by atoms with Crippen LogP contribution in [0, 0.1) is 0 Å². The second-order valence-electron chi connectivity index (χ2n) is 5.99. The fourth-order valence-corrected chi connectivity index (χ4v) is 3.01. The van der Waals surface area contributed by atoms with Gasteiger partial charge in [0.1, 0.15) is 12.2 Å². The molecular weight excluding hydrogens is 240 g/mol. The summed E-state index contributed by atoms with van der Waals surface area (Å²) in [5.41, 5.74) is -1.01. The molecule has 0 aromatic carbocycles. The summed E-state index contributed by atoms with van der Waals surface area (Å²) in [4.78, 5) is 0. The molecule has 0 bridgehead atoms. The Kier molecular flexibility index (Phi) is 2.59. The highest BCUT2D eigenvalue weighted by Crippen LogP contribution is 2.48. The van der Waals surface area contributed by atoms with Crippen molar-refractivity contribution in [2.75, 3.05) is 13.2 Å². The molecule has 3 saturated heterocycles. The van der Waals surface area contributed by atoms with E-state index in [0.717, 1.165) is 0 Å². The van der Waals surface area contributed by atoms with Gasteiger partial charge in [0.2, 0.25) is 0 Å². The number of aliphatic hydroxyl groups excluding tert-OH is 1. The lowest BCUT2D eigenvalue weighted by Crippen LogP contribution is -2.62. The van der Waals surface area contributed by atoms with E-state index in [4.69, 9.17) is 23.7 Å². The van der Waals surface area contributed by atoms with E-state index in [1.165, 1.54) is 0 Å². The first kappa shape index (κ1) is 12.8. The molecule has 0 amide bonds. The van der Waals surface area contributed by atoms with Crippen LogP contribution in [0.15, 0.2) is 0 Å². The summed E-state index contributed by atoms with van der Waals surface area (Å²) >= 11 is 0. The van der Waals surface area contributed by atoms with Crippen molar-refractivity contribution in [3.63, 3.8) is 0 Å². The van der Waals surface area contributed by atoms with Crippen molar-refractivity contribution >= 4 is 0 Å². The number of hydrogen-bond donors (Lipinski definition) is 1. The lowest BCUT2D eigenvalue weighted by molar-refractivity contribution is -0.241. The molecule has 0 aromatic rings. The van der Waals surface area contributed by atoms with Gasteiger partial charge in [0.25, 0.3) is 0 Å². The highest BCUT2D eigenvalue weighted by atomic mass is 16.9. The number of aliphatic hydroxyl groups is 1. The Morgan fingerprint density at radius 3 is 2.44 bits per heavy atom. The molecule has 6 heteroatoms. The van der Waals surface area contributed by atoms with Crippen LogP contribution in [-0.2, 0) is 23.7 Å². The van der Waals surface area contributed by atoms with E-state index in [1.807, 2.05) is 13.8 Å². The fourth-order valence-electron chi connectivity index (χ4n) is 3.01. The van der Waals surface area contributed by atoms with Gasteiger partial charge in [-0.2, -0.15) is 0 Å². The van der Waals surface area contributed by atoms with Gasteiger partial charge >= 0.3 is 0 Å². The Hall–Kier alpha value is -0.240.